The Morgan fingerprint density at radius 3 is 2.38 bits per heavy atom. The Balaban J connectivity index is 2.05. The minimum absolute atomic E-state index is 0.0226. The van der Waals surface area contributed by atoms with Crippen molar-refractivity contribution in [3.63, 3.8) is 0 Å². The second-order valence-corrected chi connectivity index (χ2v) is 5.44. The van der Waals surface area contributed by atoms with E-state index in [1.807, 2.05) is 19.1 Å². The number of aryl methyl sites for hydroxylation is 1. The van der Waals surface area contributed by atoms with Gasteiger partial charge in [0.05, 0.1) is 5.69 Å². The Labute approximate surface area is 139 Å². The Morgan fingerprint density at radius 2 is 1.75 bits per heavy atom. The van der Waals surface area contributed by atoms with Crippen LogP contribution in [0.2, 0.25) is 0 Å². The van der Waals surface area contributed by atoms with Gasteiger partial charge in [-0.15, -0.1) is 0 Å². The van der Waals surface area contributed by atoms with Crippen molar-refractivity contribution in [2.24, 2.45) is 0 Å². The topological polar surface area (TPSA) is 67.4 Å². The molecule has 2 amide bonds. The third-order valence-electron chi connectivity index (χ3n) is 3.25. The molecule has 6 heteroatoms. The van der Waals surface area contributed by atoms with Crippen LogP contribution in [0.3, 0.4) is 0 Å². The van der Waals surface area contributed by atoms with Gasteiger partial charge in [-0.2, -0.15) is 0 Å². The number of ether oxygens (including phenoxy) is 1. The molecule has 1 unspecified atom stereocenters. The SMILES string of the molecule is CC(=O)Nc1ccc(F)c(NC(=O)C(C)Oc2ccc(C)cc2)c1. The van der Waals surface area contributed by atoms with E-state index in [4.69, 9.17) is 4.74 Å². The van der Waals surface area contributed by atoms with Gasteiger partial charge in [0.25, 0.3) is 5.91 Å². The number of carbonyl (C=O) groups excluding carboxylic acids is 2. The quantitative estimate of drug-likeness (QED) is 0.882. The number of halogens is 1. The number of anilines is 2. The average Bonchev–Trinajstić information content (AvgIpc) is 2.52. The van der Waals surface area contributed by atoms with Gasteiger partial charge in [-0.3, -0.25) is 9.59 Å². The molecule has 0 saturated carbocycles. The Hall–Kier alpha value is -2.89. The van der Waals surface area contributed by atoms with Gasteiger partial charge in [-0.25, -0.2) is 4.39 Å². The summed E-state index contributed by atoms with van der Waals surface area (Å²) in [6.45, 7) is 4.87. The summed E-state index contributed by atoms with van der Waals surface area (Å²) in [4.78, 5) is 23.2. The standard InChI is InChI=1S/C18H19FN2O3/c1-11-4-7-15(8-5-11)24-12(2)18(23)21-17-10-14(20-13(3)22)6-9-16(17)19/h4-10,12H,1-3H3,(H,20,22)(H,21,23). The van der Waals surface area contributed by atoms with Crippen molar-refractivity contribution in [2.75, 3.05) is 10.6 Å². The number of nitrogens with one attached hydrogen (secondary N) is 2. The van der Waals surface area contributed by atoms with E-state index >= 15 is 0 Å². The van der Waals surface area contributed by atoms with Crippen molar-refractivity contribution in [1.29, 1.82) is 0 Å². The van der Waals surface area contributed by atoms with Crippen LogP contribution >= 0.6 is 0 Å². The first-order valence-electron chi connectivity index (χ1n) is 7.46. The molecule has 0 fully saturated rings. The number of benzene rings is 2. The van der Waals surface area contributed by atoms with E-state index in [1.54, 1.807) is 19.1 Å². The van der Waals surface area contributed by atoms with E-state index < -0.39 is 17.8 Å². The molecule has 0 bridgehead atoms. The first-order valence-corrected chi connectivity index (χ1v) is 7.46. The second-order valence-electron chi connectivity index (χ2n) is 5.44. The molecular formula is C18H19FN2O3. The number of hydrogen-bond donors (Lipinski definition) is 2. The summed E-state index contributed by atoms with van der Waals surface area (Å²) in [6, 6.07) is 11.2. The van der Waals surface area contributed by atoms with Gasteiger partial charge in [0, 0.05) is 12.6 Å². The van der Waals surface area contributed by atoms with Gasteiger partial charge in [0.2, 0.25) is 5.91 Å². The Kier molecular flexibility index (Phi) is 5.52. The van der Waals surface area contributed by atoms with Crippen LogP contribution in [0, 0.1) is 12.7 Å². The number of rotatable bonds is 5. The normalized spacial score (nSPS) is 11.5. The van der Waals surface area contributed by atoms with Crippen LogP contribution < -0.4 is 15.4 Å². The van der Waals surface area contributed by atoms with Crippen LogP contribution in [-0.4, -0.2) is 17.9 Å². The van der Waals surface area contributed by atoms with Gasteiger partial charge in [0.15, 0.2) is 6.10 Å². The molecule has 0 spiro atoms. The van der Waals surface area contributed by atoms with Crippen molar-refractivity contribution in [3.8, 4) is 5.75 Å². The fraction of sp³-hybridized carbons (Fsp3) is 0.222. The van der Waals surface area contributed by atoms with Crippen LogP contribution in [0.4, 0.5) is 15.8 Å². The molecule has 0 saturated heterocycles. The maximum atomic E-state index is 13.8. The van der Waals surface area contributed by atoms with Gasteiger partial charge in [-0.05, 0) is 44.2 Å². The van der Waals surface area contributed by atoms with Crippen molar-refractivity contribution >= 4 is 23.2 Å². The average molecular weight is 330 g/mol. The van der Waals surface area contributed by atoms with Crippen molar-refractivity contribution in [2.45, 2.75) is 26.9 Å². The highest BCUT2D eigenvalue weighted by Crippen LogP contribution is 2.20. The summed E-state index contributed by atoms with van der Waals surface area (Å²) in [5.74, 6) is -0.819. The molecule has 0 radical (unpaired) electrons. The van der Waals surface area contributed by atoms with E-state index in [2.05, 4.69) is 10.6 Å². The first-order chi connectivity index (χ1) is 11.3. The second kappa shape index (κ2) is 7.59. The fourth-order valence-electron chi connectivity index (χ4n) is 2.01. The molecule has 0 aromatic heterocycles. The summed E-state index contributed by atoms with van der Waals surface area (Å²) in [5, 5.41) is 5.00. The smallest absolute Gasteiger partial charge is 0.265 e. The number of carbonyl (C=O) groups is 2. The fourth-order valence-corrected chi connectivity index (χ4v) is 2.01. The van der Waals surface area contributed by atoms with Crippen LogP contribution in [0.1, 0.15) is 19.4 Å². The van der Waals surface area contributed by atoms with Crippen LogP contribution in [0.5, 0.6) is 5.75 Å². The third-order valence-corrected chi connectivity index (χ3v) is 3.25. The van der Waals surface area contributed by atoms with Crippen LogP contribution in [0.25, 0.3) is 0 Å². The summed E-state index contributed by atoms with van der Waals surface area (Å²) in [5.41, 5.74) is 1.45. The molecule has 5 nitrogen and oxygen atoms in total. The van der Waals surface area contributed by atoms with E-state index in [-0.39, 0.29) is 11.6 Å². The highest BCUT2D eigenvalue weighted by molar-refractivity contribution is 5.95. The lowest BCUT2D eigenvalue weighted by Crippen LogP contribution is -2.30. The van der Waals surface area contributed by atoms with Gasteiger partial charge in [-0.1, -0.05) is 17.7 Å². The van der Waals surface area contributed by atoms with Crippen molar-refractivity contribution in [1.82, 2.24) is 0 Å². The van der Waals surface area contributed by atoms with Crippen LogP contribution in [0.15, 0.2) is 42.5 Å². The molecule has 0 heterocycles. The predicted octanol–water partition coefficient (Wildman–Crippen LogP) is 3.50. The molecule has 1 atom stereocenters. The number of amides is 2. The summed E-state index contributed by atoms with van der Waals surface area (Å²) >= 11 is 0. The monoisotopic (exact) mass is 330 g/mol. The Bertz CT molecular complexity index is 744. The zero-order valence-corrected chi connectivity index (χ0v) is 13.7. The maximum Gasteiger partial charge on any atom is 0.265 e. The molecule has 2 aromatic rings. The lowest BCUT2D eigenvalue weighted by molar-refractivity contribution is -0.122. The van der Waals surface area contributed by atoms with Gasteiger partial charge in [0.1, 0.15) is 11.6 Å². The highest BCUT2D eigenvalue weighted by Gasteiger charge is 2.17. The predicted molar refractivity (Wildman–Crippen MR) is 90.6 cm³/mol. The maximum absolute atomic E-state index is 13.8. The molecule has 0 aliphatic rings. The van der Waals surface area contributed by atoms with Crippen molar-refractivity contribution in [3.05, 3.63) is 53.8 Å². The highest BCUT2D eigenvalue weighted by atomic mass is 19.1. The zero-order valence-electron chi connectivity index (χ0n) is 13.7. The first kappa shape index (κ1) is 17.5. The molecule has 0 aliphatic heterocycles. The molecule has 0 aliphatic carbocycles. The van der Waals surface area contributed by atoms with Gasteiger partial charge >= 0.3 is 0 Å². The van der Waals surface area contributed by atoms with E-state index in [0.717, 1.165) is 5.56 Å². The van der Waals surface area contributed by atoms with E-state index in [1.165, 1.54) is 25.1 Å². The van der Waals surface area contributed by atoms with E-state index in [9.17, 15) is 14.0 Å². The minimum Gasteiger partial charge on any atom is -0.481 e. The third kappa shape index (κ3) is 4.81. The minimum atomic E-state index is -0.809. The van der Waals surface area contributed by atoms with Crippen LogP contribution in [-0.2, 0) is 9.59 Å². The summed E-state index contributed by atoms with van der Waals surface area (Å²) in [6.07, 6.45) is -0.809. The number of hydrogen-bond acceptors (Lipinski definition) is 3. The summed E-state index contributed by atoms with van der Waals surface area (Å²) < 4.78 is 19.4. The molecule has 24 heavy (non-hydrogen) atoms. The molecule has 2 rings (SSSR count). The molecule has 2 aromatic carbocycles. The lowest BCUT2D eigenvalue weighted by Gasteiger charge is -2.15. The molecule has 126 valence electrons. The molecule has 2 N–H and O–H groups in total. The largest absolute Gasteiger partial charge is 0.481 e. The zero-order chi connectivity index (χ0) is 17.7. The lowest BCUT2D eigenvalue weighted by atomic mass is 10.2. The van der Waals surface area contributed by atoms with Gasteiger partial charge < -0.3 is 15.4 Å². The Morgan fingerprint density at radius 1 is 1.08 bits per heavy atom. The molecular weight excluding hydrogens is 311 g/mol. The summed E-state index contributed by atoms with van der Waals surface area (Å²) in [7, 11) is 0. The van der Waals surface area contributed by atoms with E-state index in [0.29, 0.717) is 11.4 Å². The van der Waals surface area contributed by atoms with Crippen molar-refractivity contribution < 1.29 is 18.7 Å².